The standard InChI is InChI=1S/C13H17BrFNO2/c1-2-3-4-5-9(13(17)18)10-6-8(15)7-11(14)12(10)16/h6-7,9H,2-5,16H2,1H3,(H,17,18). The van der Waals surface area contributed by atoms with Gasteiger partial charge >= 0.3 is 5.97 Å². The molecule has 3 N–H and O–H groups in total. The van der Waals surface area contributed by atoms with E-state index in [4.69, 9.17) is 5.73 Å². The van der Waals surface area contributed by atoms with Crippen LogP contribution in [-0.2, 0) is 4.79 Å². The van der Waals surface area contributed by atoms with E-state index in [-0.39, 0.29) is 0 Å². The average molecular weight is 318 g/mol. The van der Waals surface area contributed by atoms with Crippen LogP contribution in [-0.4, -0.2) is 11.1 Å². The van der Waals surface area contributed by atoms with Crippen LogP contribution in [0.2, 0.25) is 0 Å². The highest BCUT2D eigenvalue weighted by Gasteiger charge is 2.23. The van der Waals surface area contributed by atoms with E-state index < -0.39 is 17.7 Å². The summed E-state index contributed by atoms with van der Waals surface area (Å²) in [6.07, 6.45) is 3.24. The molecule has 1 rings (SSSR count). The first-order valence-electron chi connectivity index (χ1n) is 5.94. The molecule has 0 spiro atoms. The monoisotopic (exact) mass is 317 g/mol. The maximum atomic E-state index is 13.3. The van der Waals surface area contributed by atoms with E-state index in [1.54, 1.807) is 0 Å². The van der Waals surface area contributed by atoms with Gasteiger partial charge in [-0.1, -0.05) is 26.2 Å². The lowest BCUT2D eigenvalue weighted by atomic mass is 9.92. The zero-order valence-corrected chi connectivity index (χ0v) is 11.8. The summed E-state index contributed by atoms with van der Waals surface area (Å²) in [6.45, 7) is 2.04. The number of nitrogens with two attached hydrogens (primary N) is 1. The average Bonchev–Trinajstić information content (AvgIpc) is 2.29. The van der Waals surface area contributed by atoms with Gasteiger partial charge < -0.3 is 10.8 Å². The molecular weight excluding hydrogens is 301 g/mol. The van der Waals surface area contributed by atoms with Gasteiger partial charge in [-0.05, 0) is 40.0 Å². The molecule has 5 heteroatoms. The number of halogens is 2. The largest absolute Gasteiger partial charge is 0.481 e. The van der Waals surface area contributed by atoms with Crippen LogP contribution < -0.4 is 5.73 Å². The lowest BCUT2D eigenvalue weighted by Crippen LogP contribution is -2.14. The SMILES string of the molecule is CCCCCC(C(=O)O)c1cc(F)cc(Br)c1N. The minimum absolute atomic E-state index is 0.306. The third kappa shape index (κ3) is 3.70. The van der Waals surface area contributed by atoms with Crippen molar-refractivity contribution in [3.05, 3.63) is 28.0 Å². The number of hydrogen-bond acceptors (Lipinski definition) is 2. The van der Waals surface area contributed by atoms with Crippen LogP contribution in [0.5, 0.6) is 0 Å². The fraction of sp³-hybridized carbons (Fsp3) is 0.462. The maximum absolute atomic E-state index is 13.3. The van der Waals surface area contributed by atoms with Crippen molar-refractivity contribution in [2.45, 2.75) is 38.5 Å². The van der Waals surface area contributed by atoms with Gasteiger partial charge in [0.15, 0.2) is 0 Å². The number of aliphatic carboxylic acids is 1. The van der Waals surface area contributed by atoms with Crippen LogP contribution in [0.1, 0.15) is 44.1 Å². The van der Waals surface area contributed by atoms with Gasteiger partial charge in [0.2, 0.25) is 0 Å². The van der Waals surface area contributed by atoms with Gasteiger partial charge in [0.05, 0.1) is 11.6 Å². The second-order valence-corrected chi connectivity index (χ2v) is 5.13. The summed E-state index contributed by atoms with van der Waals surface area (Å²) in [5.74, 6) is -2.19. The minimum atomic E-state index is -0.963. The Hall–Kier alpha value is -1.10. The van der Waals surface area contributed by atoms with Gasteiger partial charge in [0.25, 0.3) is 0 Å². The molecule has 0 amide bonds. The molecule has 1 aromatic carbocycles. The molecule has 0 saturated carbocycles. The second-order valence-electron chi connectivity index (χ2n) is 4.28. The van der Waals surface area contributed by atoms with Gasteiger partial charge in [0, 0.05) is 4.47 Å². The topological polar surface area (TPSA) is 63.3 Å². The van der Waals surface area contributed by atoms with Gasteiger partial charge in [-0.3, -0.25) is 4.79 Å². The molecule has 100 valence electrons. The van der Waals surface area contributed by atoms with Gasteiger partial charge in [-0.25, -0.2) is 4.39 Å². The summed E-state index contributed by atoms with van der Waals surface area (Å²) in [6, 6.07) is 2.45. The molecule has 0 bridgehead atoms. The number of carbonyl (C=O) groups is 1. The molecule has 0 fully saturated rings. The summed E-state index contributed by atoms with van der Waals surface area (Å²) in [5, 5.41) is 9.24. The molecule has 0 aliphatic carbocycles. The third-order valence-corrected chi connectivity index (χ3v) is 3.55. The molecule has 0 radical (unpaired) electrons. The predicted octanol–water partition coefficient (Wildman–Crippen LogP) is 3.92. The van der Waals surface area contributed by atoms with E-state index in [2.05, 4.69) is 15.9 Å². The van der Waals surface area contributed by atoms with Crippen molar-refractivity contribution in [2.75, 3.05) is 5.73 Å². The van der Waals surface area contributed by atoms with Crippen molar-refractivity contribution >= 4 is 27.6 Å². The highest BCUT2D eigenvalue weighted by atomic mass is 79.9. The zero-order chi connectivity index (χ0) is 13.7. The third-order valence-electron chi connectivity index (χ3n) is 2.90. The molecule has 0 heterocycles. The summed E-state index contributed by atoms with van der Waals surface area (Å²) in [5.41, 5.74) is 6.48. The predicted molar refractivity (Wildman–Crippen MR) is 73.0 cm³/mol. The number of hydrogen-bond donors (Lipinski definition) is 2. The van der Waals surface area contributed by atoms with Crippen LogP contribution in [0.15, 0.2) is 16.6 Å². The van der Waals surface area contributed by atoms with Crippen molar-refractivity contribution < 1.29 is 14.3 Å². The number of anilines is 1. The number of nitrogen functional groups attached to an aromatic ring is 1. The summed E-state index contributed by atoms with van der Waals surface area (Å²) in [7, 11) is 0. The molecule has 1 atom stereocenters. The van der Waals surface area contributed by atoms with Crippen molar-refractivity contribution in [1.82, 2.24) is 0 Å². The highest BCUT2D eigenvalue weighted by Crippen LogP contribution is 2.33. The number of benzene rings is 1. The fourth-order valence-corrected chi connectivity index (χ4v) is 2.35. The van der Waals surface area contributed by atoms with E-state index in [0.29, 0.717) is 22.1 Å². The molecule has 0 aromatic heterocycles. The lowest BCUT2D eigenvalue weighted by Gasteiger charge is -2.16. The molecule has 0 aliphatic heterocycles. The molecule has 0 saturated heterocycles. The Morgan fingerprint density at radius 3 is 2.72 bits per heavy atom. The van der Waals surface area contributed by atoms with Crippen LogP contribution in [0.3, 0.4) is 0 Å². The first-order chi connectivity index (χ1) is 8.47. The first kappa shape index (κ1) is 15.0. The van der Waals surface area contributed by atoms with Crippen molar-refractivity contribution in [3.8, 4) is 0 Å². The number of carboxylic acid groups (broad SMARTS) is 1. The van der Waals surface area contributed by atoms with Crippen molar-refractivity contribution in [2.24, 2.45) is 0 Å². The Morgan fingerprint density at radius 1 is 1.50 bits per heavy atom. The van der Waals surface area contributed by atoms with E-state index >= 15 is 0 Å². The minimum Gasteiger partial charge on any atom is -0.481 e. The lowest BCUT2D eigenvalue weighted by molar-refractivity contribution is -0.139. The van der Waals surface area contributed by atoms with Gasteiger partial charge in [-0.2, -0.15) is 0 Å². The Kier molecular flexibility index (Phi) is 5.59. The molecule has 3 nitrogen and oxygen atoms in total. The summed E-state index contributed by atoms with van der Waals surface area (Å²) in [4.78, 5) is 11.3. The quantitative estimate of drug-likeness (QED) is 0.617. The summed E-state index contributed by atoms with van der Waals surface area (Å²) < 4.78 is 13.7. The van der Waals surface area contributed by atoms with Crippen LogP contribution in [0.4, 0.5) is 10.1 Å². The van der Waals surface area contributed by atoms with E-state index in [0.717, 1.165) is 19.3 Å². The molecule has 1 aromatic rings. The Balaban J connectivity index is 3.02. The molecule has 0 aliphatic rings. The summed E-state index contributed by atoms with van der Waals surface area (Å²) >= 11 is 3.14. The van der Waals surface area contributed by atoms with Crippen LogP contribution in [0.25, 0.3) is 0 Å². The maximum Gasteiger partial charge on any atom is 0.311 e. The fourth-order valence-electron chi connectivity index (χ4n) is 1.90. The van der Waals surface area contributed by atoms with Crippen LogP contribution in [0, 0.1) is 5.82 Å². The van der Waals surface area contributed by atoms with E-state index in [9.17, 15) is 14.3 Å². The Bertz CT molecular complexity index is 437. The number of unbranched alkanes of at least 4 members (excludes halogenated alkanes) is 2. The number of carboxylic acids is 1. The normalized spacial score (nSPS) is 12.4. The highest BCUT2D eigenvalue weighted by molar-refractivity contribution is 9.10. The Morgan fingerprint density at radius 2 is 2.17 bits per heavy atom. The van der Waals surface area contributed by atoms with E-state index in [1.807, 2.05) is 6.92 Å². The zero-order valence-electron chi connectivity index (χ0n) is 10.2. The molecular formula is C13H17BrFNO2. The molecule has 18 heavy (non-hydrogen) atoms. The van der Waals surface area contributed by atoms with Gasteiger partial charge in [0.1, 0.15) is 5.82 Å². The van der Waals surface area contributed by atoms with Crippen molar-refractivity contribution in [3.63, 3.8) is 0 Å². The van der Waals surface area contributed by atoms with Gasteiger partial charge in [-0.15, -0.1) is 0 Å². The van der Waals surface area contributed by atoms with Crippen molar-refractivity contribution in [1.29, 1.82) is 0 Å². The smallest absolute Gasteiger partial charge is 0.311 e. The molecule has 1 unspecified atom stereocenters. The number of rotatable bonds is 6. The van der Waals surface area contributed by atoms with Crippen LogP contribution >= 0.6 is 15.9 Å². The first-order valence-corrected chi connectivity index (χ1v) is 6.73. The van der Waals surface area contributed by atoms with E-state index in [1.165, 1.54) is 12.1 Å². The second kappa shape index (κ2) is 6.73. The Labute approximate surface area is 114 Å².